The number of hydrogen-bond donors (Lipinski definition) is 1. The van der Waals surface area contributed by atoms with Gasteiger partial charge in [0.05, 0.1) is 0 Å². The van der Waals surface area contributed by atoms with E-state index in [-0.39, 0.29) is 12.4 Å². The maximum Gasteiger partial charge on any atom is 0.223 e. The Labute approximate surface area is 133 Å². The van der Waals surface area contributed by atoms with Crippen LogP contribution in [0.2, 0.25) is 0 Å². The van der Waals surface area contributed by atoms with E-state index in [1.807, 2.05) is 6.07 Å². The zero-order chi connectivity index (χ0) is 13.8. The first-order valence-electron chi connectivity index (χ1n) is 7.87. The summed E-state index contributed by atoms with van der Waals surface area (Å²) in [5, 5.41) is 3.37. The Bertz CT molecular complexity index is 441. The second-order valence-corrected chi connectivity index (χ2v) is 6.14. The number of carbonyl (C=O) groups is 1. The number of nitrogens with zero attached hydrogens (tertiary/aromatic N) is 1. The molecule has 3 rings (SSSR count). The highest BCUT2D eigenvalue weighted by molar-refractivity contribution is 5.85. The summed E-state index contributed by atoms with van der Waals surface area (Å²) in [4.78, 5) is 14.7. The monoisotopic (exact) mass is 308 g/mol. The number of nitrogens with one attached hydrogen (secondary N) is 1. The molecule has 0 bridgehead atoms. The maximum atomic E-state index is 12.6. The Morgan fingerprint density at radius 1 is 1.10 bits per heavy atom. The van der Waals surface area contributed by atoms with Crippen LogP contribution >= 0.6 is 12.4 Å². The number of piperidine rings is 1. The highest BCUT2D eigenvalue weighted by Gasteiger charge is 2.33. The fourth-order valence-electron chi connectivity index (χ4n) is 3.04. The fourth-order valence-corrected chi connectivity index (χ4v) is 3.04. The average Bonchev–Trinajstić information content (AvgIpc) is 3.31. The quantitative estimate of drug-likeness (QED) is 0.907. The van der Waals surface area contributed by atoms with Crippen LogP contribution in [0.15, 0.2) is 30.3 Å². The van der Waals surface area contributed by atoms with Crippen molar-refractivity contribution in [3.05, 3.63) is 35.9 Å². The molecule has 0 atom stereocenters. The molecule has 3 nitrogen and oxygen atoms in total. The fraction of sp³-hybridized carbons (Fsp3) is 0.588. The maximum absolute atomic E-state index is 12.6. The summed E-state index contributed by atoms with van der Waals surface area (Å²) >= 11 is 0. The second-order valence-electron chi connectivity index (χ2n) is 6.14. The van der Waals surface area contributed by atoms with Crippen molar-refractivity contribution in [2.75, 3.05) is 13.1 Å². The number of carbonyl (C=O) groups excluding carboxylic acids is 1. The zero-order valence-corrected chi connectivity index (χ0v) is 13.3. The van der Waals surface area contributed by atoms with Crippen LogP contribution in [0.4, 0.5) is 0 Å². The molecule has 4 heteroatoms. The summed E-state index contributed by atoms with van der Waals surface area (Å²) in [5.74, 6) is 0.948. The normalized spacial score (nSPS) is 18.9. The van der Waals surface area contributed by atoms with E-state index in [4.69, 9.17) is 0 Å². The molecule has 1 N–H and O–H groups in total. The minimum absolute atomic E-state index is 0. The molecular weight excluding hydrogens is 284 g/mol. The molecular formula is C17H25ClN2O. The highest BCUT2D eigenvalue weighted by Crippen LogP contribution is 2.30. The Morgan fingerprint density at radius 3 is 2.38 bits per heavy atom. The molecule has 2 aliphatic rings. The van der Waals surface area contributed by atoms with Gasteiger partial charge in [-0.05, 0) is 50.3 Å². The molecule has 1 heterocycles. The van der Waals surface area contributed by atoms with Crippen LogP contribution in [0.1, 0.15) is 37.7 Å². The smallest absolute Gasteiger partial charge is 0.223 e. The Balaban J connectivity index is 0.00000161. The summed E-state index contributed by atoms with van der Waals surface area (Å²) in [7, 11) is 0. The van der Waals surface area contributed by atoms with E-state index < -0.39 is 0 Å². The SMILES string of the molecule is Cl.O=C(CC1CCNCC1)N(Cc1ccccc1)C1CC1. The molecule has 1 amide bonds. The minimum Gasteiger partial charge on any atom is -0.335 e. The average molecular weight is 309 g/mol. The summed E-state index contributed by atoms with van der Waals surface area (Å²) < 4.78 is 0. The van der Waals surface area contributed by atoms with Crippen molar-refractivity contribution < 1.29 is 4.79 Å². The van der Waals surface area contributed by atoms with Crippen LogP contribution in [-0.4, -0.2) is 29.9 Å². The lowest BCUT2D eigenvalue weighted by Gasteiger charge is -2.27. The summed E-state index contributed by atoms with van der Waals surface area (Å²) in [6.07, 6.45) is 5.41. The van der Waals surface area contributed by atoms with E-state index in [0.29, 0.717) is 17.9 Å². The van der Waals surface area contributed by atoms with Crippen molar-refractivity contribution in [2.45, 2.75) is 44.7 Å². The number of amides is 1. The standard InChI is InChI=1S/C17H24N2O.ClH/c20-17(12-14-8-10-18-11-9-14)19(16-6-7-16)13-15-4-2-1-3-5-15;/h1-5,14,16,18H,6-13H2;1H. The summed E-state index contributed by atoms with van der Waals surface area (Å²) in [6, 6.07) is 10.9. The van der Waals surface area contributed by atoms with Crippen LogP contribution in [0.5, 0.6) is 0 Å². The zero-order valence-electron chi connectivity index (χ0n) is 12.5. The second kappa shape index (κ2) is 7.81. The third kappa shape index (κ3) is 4.72. The Morgan fingerprint density at radius 2 is 1.76 bits per heavy atom. The first-order valence-corrected chi connectivity index (χ1v) is 7.87. The van der Waals surface area contributed by atoms with Crippen molar-refractivity contribution in [1.82, 2.24) is 10.2 Å². The van der Waals surface area contributed by atoms with Gasteiger partial charge in [-0.25, -0.2) is 0 Å². The predicted octanol–water partition coefficient (Wildman–Crippen LogP) is 2.99. The number of benzene rings is 1. The third-order valence-corrected chi connectivity index (χ3v) is 4.43. The molecule has 0 unspecified atom stereocenters. The van der Waals surface area contributed by atoms with Crippen molar-refractivity contribution in [3.63, 3.8) is 0 Å². The molecule has 1 saturated carbocycles. The van der Waals surface area contributed by atoms with Gasteiger partial charge in [-0.3, -0.25) is 4.79 Å². The first kappa shape index (κ1) is 16.3. The van der Waals surface area contributed by atoms with Crippen LogP contribution < -0.4 is 5.32 Å². The van der Waals surface area contributed by atoms with E-state index in [2.05, 4.69) is 34.5 Å². The van der Waals surface area contributed by atoms with Gasteiger partial charge in [-0.15, -0.1) is 12.4 Å². The number of hydrogen-bond acceptors (Lipinski definition) is 2. The van der Waals surface area contributed by atoms with Gasteiger partial charge in [0, 0.05) is 19.0 Å². The molecule has 0 aromatic heterocycles. The third-order valence-electron chi connectivity index (χ3n) is 4.43. The van der Waals surface area contributed by atoms with E-state index in [1.165, 1.54) is 18.4 Å². The molecule has 1 aromatic carbocycles. The van der Waals surface area contributed by atoms with E-state index in [9.17, 15) is 4.79 Å². The van der Waals surface area contributed by atoms with Crippen molar-refractivity contribution in [2.24, 2.45) is 5.92 Å². The van der Waals surface area contributed by atoms with Crippen LogP contribution in [0.3, 0.4) is 0 Å². The lowest BCUT2D eigenvalue weighted by atomic mass is 9.94. The molecule has 1 aliphatic heterocycles. The molecule has 116 valence electrons. The van der Waals surface area contributed by atoms with Gasteiger partial charge in [-0.2, -0.15) is 0 Å². The predicted molar refractivity (Wildman–Crippen MR) is 87.5 cm³/mol. The van der Waals surface area contributed by atoms with Gasteiger partial charge in [0.2, 0.25) is 5.91 Å². The molecule has 1 aliphatic carbocycles. The molecule has 1 aromatic rings. The topological polar surface area (TPSA) is 32.3 Å². The van der Waals surface area contributed by atoms with Gasteiger partial charge >= 0.3 is 0 Å². The minimum atomic E-state index is 0. The van der Waals surface area contributed by atoms with Crippen molar-refractivity contribution in [1.29, 1.82) is 0 Å². The highest BCUT2D eigenvalue weighted by atomic mass is 35.5. The van der Waals surface area contributed by atoms with E-state index >= 15 is 0 Å². The largest absolute Gasteiger partial charge is 0.335 e. The van der Waals surface area contributed by atoms with Gasteiger partial charge in [0.1, 0.15) is 0 Å². The molecule has 21 heavy (non-hydrogen) atoms. The van der Waals surface area contributed by atoms with Gasteiger partial charge in [0.25, 0.3) is 0 Å². The van der Waals surface area contributed by atoms with Crippen LogP contribution in [0.25, 0.3) is 0 Å². The molecule has 0 spiro atoms. The Kier molecular flexibility index (Phi) is 6.07. The number of halogens is 1. The molecule has 1 saturated heterocycles. The number of rotatable bonds is 5. The van der Waals surface area contributed by atoms with Crippen LogP contribution in [0, 0.1) is 5.92 Å². The van der Waals surface area contributed by atoms with Gasteiger partial charge in [-0.1, -0.05) is 30.3 Å². The van der Waals surface area contributed by atoms with E-state index in [0.717, 1.165) is 38.9 Å². The summed E-state index contributed by atoms with van der Waals surface area (Å²) in [5.41, 5.74) is 1.25. The first-order chi connectivity index (χ1) is 9.83. The van der Waals surface area contributed by atoms with Gasteiger partial charge in [0.15, 0.2) is 0 Å². The Hall–Kier alpha value is -1.06. The van der Waals surface area contributed by atoms with E-state index in [1.54, 1.807) is 0 Å². The molecule has 2 fully saturated rings. The van der Waals surface area contributed by atoms with Gasteiger partial charge < -0.3 is 10.2 Å². The lowest BCUT2D eigenvalue weighted by molar-refractivity contribution is -0.133. The van der Waals surface area contributed by atoms with Crippen LogP contribution in [-0.2, 0) is 11.3 Å². The van der Waals surface area contributed by atoms with Crippen molar-refractivity contribution in [3.8, 4) is 0 Å². The lowest BCUT2D eigenvalue weighted by Crippen LogP contribution is -2.36. The molecule has 0 radical (unpaired) electrons. The summed E-state index contributed by atoms with van der Waals surface area (Å²) in [6.45, 7) is 2.93. The van der Waals surface area contributed by atoms with Crippen molar-refractivity contribution >= 4 is 18.3 Å².